The van der Waals surface area contributed by atoms with Crippen LogP contribution in [0.2, 0.25) is 0 Å². The molecule has 6 rings (SSSR count). The van der Waals surface area contributed by atoms with E-state index in [-0.39, 0.29) is 20.1 Å². The Morgan fingerprint density at radius 3 is 2.13 bits per heavy atom. The molecule has 6 aromatic rings. The molecule has 0 fully saturated rings. The molecule has 2 heterocycles. The fourth-order valence-electron chi connectivity index (χ4n) is 5.28. The zero-order chi connectivity index (χ0) is 26.4. The normalized spacial score (nSPS) is 11.6. The first-order chi connectivity index (χ1) is 18.5. The van der Waals surface area contributed by atoms with Crippen molar-refractivity contribution in [2.24, 2.45) is 0 Å². The number of aromatic nitrogens is 2. The SMILES string of the molecule is CSc1ccc2o[c-]c(-c3nc4ccccc4n3-c3c(C(C)C)cc(-c4ccccc4)cc3C(C)C)c2c1.[Ir]. The first kappa shape index (κ1) is 27.5. The van der Waals surface area contributed by atoms with Gasteiger partial charge < -0.3 is 8.98 Å². The van der Waals surface area contributed by atoms with E-state index in [1.54, 1.807) is 11.8 Å². The molecule has 0 spiro atoms. The number of fused-ring (bicyclic) bond motifs is 2. The predicted molar refractivity (Wildman–Crippen MR) is 161 cm³/mol. The summed E-state index contributed by atoms with van der Waals surface area (Å²) in [5.41, 5.74) is 10.1. The van der Waals surface area contributed by atoms with Gasteiger partial charge in [-0.25, -0.2) is 0 Å². The number of thioether (sulfide) groups is 1. The Kier molecular flexibility index (Phi) is 7.86. The van der Waals surface area contributed by atoms with Gasteiger partial charge in [-0.15, -0.1) is 11.8 Å². The van der Waals surface area contributed by atoms with E-state index in [9.17, 15) is 0 Å². The second kappa shape index (κ2) is 11.2. The van der Waals surface area contributed by atoms with Crippen molar-refractivity contribution < 1.29 is 24.5 Å². The van der Waals surface area contributed by atoms with E-state index in [0.29, 0.717) is 11.8 Å². The standard InChI is InChI=1S/C34H31N2OS.Ir/c1-21(2)26-17-24(23-11-7-6-8-12-23)18-27(22(3)4)33(26)36-31-14-10-9-13-30(31)35-34(36)29-20-37-32-16-15-25(38-5)19-28(29)32;/h6-19,21-22H,1-5H3;/q-1;. The molecule has 1 radical (unpaired) electrons. The molecule has 0 saturated heterocycles. The quantitative estimate of drug-likeness (QED) is 0.128. The molecule has 39 heavy (non-hydrogen) atoms. The van der Waals surface area contributed by atoms with Gasteiger partial charge in [0.2, 0.25) is 0 Å². The van der Waals surface area contributed by atoms with Crippen LogP contribution in [0.15, 0.2) is 94.2 Å². The summed E-state index contributed by atoms with van der Waals surface area (Å²) < 4.78 is 8.28. The molecule has 4 aromatic carbocycles. The molecular formula is C34H31IrN2OS-. The molecule has 3 nitrogen and oxygen atoms in total. The van der Waals surface area contributed by atoms with Gasteiger partial charge in [-0.1, -0.05) is 99.3 Å². The summed E-state index contributed by atoms with van der Waals surface area (Å²) in [6, 6.07) is 30.1. The summed E-state index contributed by atoms with van der Waals surface area (Å²) in [5, 5.41) is 1.03. The minimum atomic E-state index is 0. The van der Waals surface area contributed by atoms with Crippen LogP contribution in [0.4, 0.5) is 0 Å². The minimum Gasteiger partial charge on any atom is -0.557 e. The van der Waals surface area contributed by atoms with Crippen LogP contribution < -0.4 is 0 Å². The summed E-state index contributed by atoms with van der Waals surface area (Å²) in [6.45, 7) is 9.11. The van der Waals surface area contributed by atoms with Crippen LogP contribution in [-0.4, -0.2) is 15.8 Å². The Morgan fingerprint density at radius 2 is 1.46 bits per heavy atom. The van der Waals surface area contributed by atoms with Gasteiger partial charge in [-0.2, -0.15) is 0 Å². The molecule has 0 saturated carbocycles. The summed E-state index contributed by atoms with van der Waals surface area (Å²) in [4.78, 5) is 6.37. The zero-order valence-corrected chi connectivity index (χ0v) is 26.0. The van der Waals surface area contributed by atoms with E-state index < -0.39 is 0 Å². The number of para-hydroxylation sites is 2. The Balaban J connectivity index is 0.00000308. The van der Waals surface area contributed by atoms with E-state index >= 15 is 0 Å². The monoisotopic (exact) mass is 708 g/mol. The number of imidazole rings is 1. The topological polar surface area (TPSA) is 31.0 Å². The van der Waals surface area contributed by atoms with Gasteiger partial charge in [-0.05, 0) is 69.5 Å². The first-order valence-electron chi connectivity index (χ1n) is 13.2. The summed E-state index contributed by atoms with van der Waals surface area (Å²) >= 11 is 1.73. The third-order valence-corrected chi connectivity index (χ3v) is 7.97. The average Bonchev–Trinajstić information content (AvgIpc) is 3.53. The third kappa shape index (κ3) is 4.89. The van der Waals surface area contributed by atoms with E-state index in [2.05, 4.69) is 124 Å². The largest absolute Gasteiger partial charge is 0.557 e. The maximum Gasteiger partial charge on any atom is 0.0774 e. The van der Waals surface area contributed by atoms with Gasteiger partial charge in [0, 0.05) is 37.6 Å². The molecule has 0 atom stereocenters. The second-order valence-corrected chi connectivity index (χ2v) is 11.3. The Morgan fingerprint density at radius 1 is 0.795 bits per heavy atom. The smallest absolute Gasteiger partial charge is 0.0774 e. The van der Waals surface area contributed by atoms with E-state index in [1.807, 2.05) is 6.07 Å². The van der Waals surface area contributed by atoms with Crippen molar-refractivity contribution in [3.05, 3.63) is 102 Å². The maximum atomic E-state index is 5.93. The summed E-state index contributed by atoms with van der Waals surface area (Å²) in [6.07, 6.45) is 5.31. The van der Waals surface area contributed by atoms with Crippen LogP contribution in [0.3, 0.4) is 0 Å². The van der Waals surface area contributed by atoms with Gasteiger partial charge in [0.25, 0.3) is 0 Å². The summed E-state index contributed by atoms with van der Waals surface area (Å²) in [5.74, 6) is 1.49. The number of rotatable bonds is 6. The Labute approximate surface area is 248 Å². The molecule has 0 aliphatic carbocycles. The number of hydrogen-bond acceptors (Lipinski definition) is 3. The van der Waals surface area contributed by atoms with Crippen LogP contribution in [0.5, 0.6) is 0 Å². The number of nitrogens with zero attached hydrogens (tertiary/aromatic N) is 2. The molecule has 5 heteroatoms. The fourth-order valence-corrected chi connectivity index (χ4v) is 5.72. The number of hydrogen-bond donors (Lipinski definition) is 0. The number of benzene rings is 4. The van der Waals surface area contributed by atoms with Crippen LogP contribution in [0, 0.1) is 6.26 Å². The van der Waals surface area contributed by atoms with Crippen molar-refractivity contribution in [1.82, 2.24) is 9.55 Å². The Hall–Kier alpha value is -3.11. The van der Waals surface area contributed by atoms with Crippen molar-refractivity contribution >= 4 is 33.8 Å². The molecule has 0 bridgehead atoms. The predicted octanol–water partition coefficient (Wildman–Crippen LogP) is 9.87. The Bertz CT molecular complexity index is 1740. The van der Waals surface area contributed by atoms with Gasteiger partial charge in [0.1, 0.15) is 0 Å². The fraction of sp³-hybridized carbons (Fsp3) is 0.206. The second-order valence-electron chi connectivity index (χ2n) is 10.4. The van der Waals surface area contributed by atoms with Crippen molar-refractivity contribution in [3.8, 4) is 28.2 Å². The molecule has 0 aliphatic rings. The van der Waals surface area contributed by atoms with Crippen molar-refractivity contribution in [2.75, 3.05) is 6.26 Å². The van der Waals surface area contributed by atoms with E-state index in [0.717, 1.165) is 33.4 Å². The van der Waals surface area contributed by atoms with Crippen LogP contribution in [0.1, 0.15) is 50.7 Å². The van der Waals surface area contributed by atoms with Crippen LogP contribution in [0.25, 0.3) is 50.2 Å². The van der Waals surface area contributed by atoms with E-state index in [1.165, 1.54) is 32.8 Å². The third-order valence-electron chi connectivity index (χ3n) is 7.25. The van der Waals surface area contributed by atoms with Gasteiger partial charge in [-0.3, -0.25) is 4.98 Å². The van der Waals surface area contributed by atoms with Crippen molar-refractivity contribution in [1.29, 1.82) is 0 Å². The minimum absolute atomic E-state index is 0. The van der Waals surface area contributed by atoms with Crippen molar-refractivity contribution in [2.45, 2.75) is 44.4 Å². The summed E-state index contributed by atoms with van der Waals surface area (Å²) in [7, 11) is 0. The van der Waals surface area contributed by atoms with Gasteiger partial charge in [0.15, 0.2) is 0 Å². The molecular weight excluding hydrogens is 677 g/mol. The molecule has 0 unspecified atom stereocenters. The zero-order valence-electron chi connectivity index (χ0n) is 22.8. The molecule has 0 aliphatic heterocycles. The molecule has 2 aromatic heterocycles. The maximum absolute atomic E-state index is 5.93. The van der Waals surface area contributed by atoms with Crippen molar-refractivity contribution in [3.63, 3.8) is 0 Å². The van der Waals surface area contributed by atoms with Gasteiger partial charge >= 0.3 is 0 Å². The van der Waals surface area contributed by atoms with Crippen LogP contribution in [-0.2, 0) is 20.1 Å². The molecule has 0 N–H and O–H groups in total. The van der Waals surface area contributed by atoms with Crippen LogP contribution >= 0.6 is 11.8 Å². The number of furan rings is 1. The van der Waals surface area contributed by atoms with Gasteiger partial charge in [0.05, 0.1) is 16.9 Å². The average molecular weight is 708 g/mol. The molecule has 199 valence electrons. The molecule has 0 amide bonds. The first-order valence-corrected chi connectivity index (χ1v) is 14.4. The van der Waals surface area contributed by atoms with E-state index in [4.69, 9.17) is 9.40 Å².